The smallest absolute Gasteiger partial charge is 0.387 e. The third kappa shape index (κ3) is 5.92. The number of hydrogen-bond acceptors (Lipinski definition) is 7. The van der Waals surface area contributed by atoms with Gasteiger partial charge in [-0.1, -0.05) is 0 Å². The number of aromatic nitrogens is 1. The van der Waals surface area contributed by atoms with Crippen molar-refractivity contribution in [1.82, 2.24) is 4.68 Å². The van der Waals surface area contributed by atoms with Crippen LogP contribution in [0.1, 0.15) is 5.56 Å². The number of phenolic OH excluding ortho intramolecular Hbond substituents is 1. The largest absolute Gasteiger partial charge is 0.502 e. The van der Waals surface area contributed by atoms with E-state index in [0.29, 0.717) is 16.8 Å². The zero-order chi connectivity index (χ0) is 26.5. The van der Waals surface area contributed by atoms with Gasteiger partial charge in [-0.25, -0.2) is 18.4 Å². The molecule has 0 aliphatic carbocycles. The second-order valence-electron chi connectivity index (χ2n) is 7.34. The van der Waals surface area contributed by atoms with Crippen LogP contribution in [0.5, 0.6) is 23.0 Å². The molecule has 1 aromatic heterocycles. The summed E-state index contributed by atoms with van der Waals surface area (Å²) in [5.74, 6) is -1.48. The Morgan fingerprint density at radius 1 is 0.973 bits per heavy atom. The molecule has 1 heterocycles. The maximum atomic E-state index is 14.3. The minimum atomic E-state index is -2.96. The molecular formula is C25H19F4N3O4S. The topological polar surface area (TPSA) is 77.6 Å². The summed E-state index contributed by atoms with van der Waals surface area (Å²) in [6.07, 6.45) is 1.44. The quantitative estimate of drug-likeness (QED) is 0.225. The van der Waals surface area contributed by atoms with Gasteiger partial charge < -0.3 is 19.3 Å². The summed E-state index contributed by atoms with van der Waals surface area (Å²) in [5.41, 5.74) is 1.48. The molecule has 0 atom stereocenters. The standard InChI is InChI=1S/C25H19F4N3O4S/c1-34-21-9-14(10-22(35-2)23(21)33)12-30-32-20(15-3-6-17(7-4-15)36-24(28)29)13-37-25(32)31-19-8-5-16(26)11-18(19)27/h3-13,24,33H,1-2H3/b30-12+,31-25?. The Labute approximate surface area is 212 Å². The number of rotatable bonds is 8. The maximum absolute atomic E-state index is 14.3. The highest BCUT2D eigenvalue weighted by Crippen LogP contribution is 2.36. The average molecular weight is 534 g/mol. The van der Waals surface area contributed by atoms with Crippen LogP contribution >= 0.6 is 11.3 Å². The van der Waals surface area contributed by atoms with E-state index in [2.05, 4.69) is 14.8 Å². The van der Waals surface area contributed by atoms with Gasteiger partial charge in [0.25, 0.3) is 0 Å². The molecule has 0 saturated heterocycles. The highest BCUT2D eigenvalue weighted by molar-refractivity contribution is 7.07. The maximum Gasteiger partial charge on any atom is 0.387 e. The number of aromatic hydroxyl groups is 1. The van der Waals surface area contributed by atoms with Crippen molar-refractivity contribution in [1.29, 1.82) is 0 Å². The number of phenols is 1. The minimum Gasteiger partial charge on any atom is -0.502 e. The number of benzene rings is 3. The Hall–Kier alpha value is -4.32. The summed E-state index contributed by atoms with van der Waals surface area (Å²) < 4.78 is 68.9. The number of nitrogens with zero attached hydrogens (tertiary/aromatic N) is 3. The number of ether oxygens (including phenoxy) is 3. The molecule has 12 heteroatoms. The van der Waals surface area contributed by atoms with E-state index in [4.69, 9.17) is 9.47 Å². The zero-order valence-electron chi connectivity index (χ0n) is 19.4. The normalized spacial score (nSPS) is 11.9. The van der Waals surface area contributed by atoms with Crippen LogP contribution < -0.4 is 19.0 Å². The second-order valence-corrected chi connectivity index (χ2v) is 8.18. The van der Waals surface area contributed by atoms with Gasteiger partial charge >= 0.3 is 6.61 Å². The lowest BCUT2D eigenvalue weighted by atomic mass is 10.2. The first-order valence-corrected chi connectivity index (χ1v) is 11.4. The average Bonchev–Trinajstić information content (AvgIpc) is 3.27. The lowest BCUT2D eigenvalue weighted by molar-refractivity contribution is -0.0498. The van der Waals surface area contributed by atoms with Crippen molar-refractivity contribution >= 4 is 23.2 Å². The molecule has 4 aromatic rings. The van der Waals surface area contributed by atoms with Crippen molar-refractivity contribution in [3.63, 3.8) is 0 Å². The van der Waals surface area contributed by atoms with Crippen LogP contribution in [0.3, 0.4) is 0 Å². The van der Waals surface area contributed by atoms with Crippen LogP contribution in [-0.2, 0) is 0 Å². The summed E-state index contributed by atoms with van der Waals surface area (Å²) in [5, 5.41) is 16.3. The fourth-order valence-corrected chi connectivity index (χ4v) is 4.13. The van der Waals surface area contributed by atoms with E-state index >= 15 is 0 Å². The van der Waals surface area contributed by atoms with E-state index in [-0.39, 0.29) is 33.5 Å². The molecule has 0 unspecified atom stereocenters. The molecule has 0 spiro atoms. The molecule has 192 valence electrons. The van der Waals surface area contributed by atoms with Gasteiger partial charge in [-0.05, 0) is 48.5 Å². The van der Waals surface area contributed by atoms with Crippen LogP contribution in [0.2, 0.25) is 0 Å². The predicted octanol–water partition coefficient (Wildman–Crippen LogP) is 5.93. The van der Waals surface area contributed by atoms with Crippen molar-refractivity contribution in [3.8, 4) is 34.3 Å². The van der Waals surface area contributed by atoms with Gasteiger partial charge in [-0.3, -0.25) is 0 Å². The molecule has 37 heavy (non-hydrogen) atoms. The number of thiazole rings is 1. The van der Waals surface area contributed by atoms with E-state index in [1.54, 1.807) is 17.5 Å². The molecule has 4 rings (SSSR count). The van der Waals surface area contributed by atoms with Gasteiger partial charge in [0.2, 0.25) is 10.6 Å². The number of hydrogen-bond donors (Lipinski definition) is 1. The van der Waals surface area contributed by atoms with Crippen LogP contribution in [0.4, 0.5) is 23.2 Å². The van der Waals surface area contributed by atoms with Gasteiger partial charge in [-0.15, -0.1) is 11.3 Å². The molecule has 7 nitrogen and oxygen atoms in total. The molecular weight excluding hydrogens is 514 g/mol. The van der Waals surface area contributed by atoms with Crippen molar-refractivity contribution in [2.24, 2.45) is 10.1 Å². The number of alkyl halides is 2. The van der Waals surface area contributed by atoms with Crippen LogP contribution in [0.25, 0.3) is 11.3 Å². The molecule has 3 aromatic carbocycles. The SMILES string of the molecule is COc1cc(/C=N/n2c(-c3ccc(OC(F)F)cc3)csc2=Nc2ccc(F)cc2F)cc(OC)c1O. The lowest BCUT2D eigenvalue weighted by Crippen LogP contribution is -2.12. The van der Waals surface area contributed by atoms with Gasteiger partial charge in [-0.2, -0.15) is 13.9 Å². The highest BCUT2D eigenvalue weighted by Gasteiger charge is 2.13. The molecule has 0 bridgehead atoms. The third-order valence-corrected chi connectivity index (χ3v) is 5.83. The highest BCUT2D eigenvalue weighted by atomic mass is 32.1. The molecule has 0 aliphatic rings. The summed E-state index contributed by atoms with van der Waals surface area (Å²) in [4.78, 5) is 4.53. The van der Waals surface area contributed by atoms with E-state index in [0.717, 1.165) is 23.5 Å². The van der Waals surface area contributed by atoms with E-state index < -0.39 is 18.2 Å². The second kappa shape index (κ2) is 11.2. The predicted molar refractivity (Wildman–Crippen MR) is 130 cm³/mol. The summed E-state index contributed by atoms with van der Waals surface area (Å²) >= 11 is 1.13. The Kier molecular flexibility index (Phi) is 7.77. The monoisotopic (exact) mass is 533 g/mol. The third-order valence-electron chi connectivity index (χ3n) is 5.01. The van der Waals surface area contributed by atoms with E-state index in [1.165, 1.54) is 55.4 Å². The lowest BCUT2D eigenvalue weighted by Gasteiger charge is -2.09. The molecule has 1 N–H and O–H groups in total. The minimum absolute atomic E-state index is 0.0226. The van der Waals surface area contributed by atoms with Crippen LogP contribution in [-0.4, -0.2) is 36.8 Å². The first kappa shape index (κ1) is 25.8. The van der Waals surface area contributed by atoms with E-state index in [1.807, 2.05) is 0 Å². The Morgan fingerprint density at radius 2 is 1.65 bits per heavy atom. The van der Waals surface area contributed by atoms with Gasteiger partial charge in [0, 0.05) is 22.6 Å². The molecule has 0 amide bonds. The Bertz CT molecular complexity index is 1480. The Morgan fingerprint density at radius 3 is 2.24 bits per heavy atom. The van der Waals surface area contributed by atoms with Crippen LogP contribution in [0.15, 0.2) is 70.1 Å². The Balaban J connectivity index is 1.83. The molecule has 0 fully saturated rings. The van der Waals surface area contributed by atoms with E-state index in [9.17, 15) is 22.7 Å². The zero-order valence-corrected chi connectivity index (χ0v) is 20.2. The molecule has 0 radical (unpaired) electrons. The van der Waals surface area contributed by atoms with Crippen molar-refractivity contribution < 1.29 is 36.9 Å². The first-order chi connectivity index (χ1) is 17.8. The molecule has 0 saturated carbocycles. The summed E-state index contributed by atoms with van der Waals surface area (Å²) in [6.45, 7) is -2.96. The summed E-state index contributed by atoms with van der Waals surface area (Å²) in [6, 6.07) is 11.9. The fourth-order valence-electron chi connectivity index (χ4n) is 3.28. The molecule has 0 aliphatic heterocycles. The van der Waals surface area contributed by atoms with Crippen LogP contribution in [0, 0.1) is 11.6 Å². The van der Waals surface area contributed by atoms with Gasteiger partial charge in [0.05, 0.1) is 26.1 Å². The fraction of sp³-hybridized carbons (Fsp3) is 0.120. The number of halogens is 4. The van der Waals surface area contributed by atoms with Gasteiger partial charge in [0.1, 0.15) is 17.3 Å². The summed E-state index contributed by atoms with van der Waals surface area (Å²) in [7, 11) is 2.77. The van der Waals surface area contributed by atoms with Crippen molar-refractivity contribution in [2.45, 2.75) is 6.61 Å². The van der Waals surface area contributed by atoms with Crippen molar-refractivity contribution in [3.05, 3.63) is 82.0 Å². The van der Waals surface area contributed by atoms with Crippen molar-refractivity contribution in [2.75, 3.05) is 14.2 Å². The number of methoxy groups -OCH3 is 2. The van der Waals surface area contributed by atoms with Gasteiger partial charge in [0.15, 0.2) is 17.3 Å². The first-order valence-electron chi connectivity index (χ1n) is 10.5.